The van der Waals surface area contributed by atoms with Crippen LogP contribution in [-0.4, -0.2) is 58.3 Å². The molecule has 0 spiro atoms. The van der Waals surface area contributed by atoms with Crippen molar-refractivity contribution in [1.29, 1.82) is 0 Å². The second-order valence-corrected chi connectivity index (χ2v) is 6.97. The fourth-order valence-electron chi connectivity index (χ4n) is 3.01. The number of carboxylic acid groups (broad SMARTS) is 1. The molecule has 2 heterocycles. The molecular weight excluding hydrogens is 250 g/mol. The molecule has 5 heteroatoms. The molecule has 0 bridgehead atoms. The van der Waals surface area contributed by atoms with Crippen LogP contribution < -0.4 is 0 Å². The lowest BCUT2D eigenvalue weighted by atomic mass is 9.91. The third-order valence-electron chi connectivity index (χ3n) is 3.82. The third kappa shape index (κ3) is 3.62. The number of hydrogen-bond acceptors (Lipinski definition) is 4. The zero-order valence-electron chi connectivity index (χ0n) is 11.2. The summed E-state index contributed by atoms with van der Waals surface area (Å²) in [6, 6.07) is 0.680. The van der Waals surface area contributed by atoms with Crippen LogP contribution in [0.2, 0.25) is 0 Å². The molecule has 4 nitrogen and oxygen atoms in total. The van der Waals surface area contributed by atoms with Gasteiger partial charge in [-0.25, -0.2) is 0 Å². The first-order chi connectivity index (χ1) is 8.48. The molecule has 2 saturated heterocycles. The minimum atomic E-state index is -0.682. The van der Waals surface area contributed by atoms with Crippen LogP contribution in [0, 0.1) is 0 Å². The Labute approximate surface area is 113 Å². The van der Waals surface area contributed by atoms with Crippen molar-refractivity contribution in [3.05, 3.63) is 0 Å². The van der Waals surface area contributed by atoms with Gasteiger partial charge in [-0.2, -0.15) is 11.8 Å². The van der Waals surface area contributed by atoms with E-state index in [0.29, 0.717) is 6.04 Å². The van der Waals surface area contributed by atoms with Gasteiger partial charge in [0.05, 0.1) is 12.0 Å². The fourth-order valence-corrected chi connectivity index (χ4v) is 4.10. The van der Waals surface area contributed by atoms with E-state index < -0.39 is 5.97 Å². The second kappa shape index (κ2) is 5.80. The molecule has 2 rings (SSSR count). The van der Waals surface area contributed by atoms with E-state index in [-0.39, 0.29) is 18.1 Å². The van der Waals surface area contributed by atoms with E-state index in [1.165, 1.54) is 0 Å². The van der Waals surface area contributed by atoms with Crippen molar-refractivity contribution in [2.75, 3.05) is 24.7 Å². The number of carboxylic acids is 1. The molecule has 1 N–H and O–H groups in total. The van der Waals surface area contributed by atoms with Crippen molar-refractivity contribution < 1.29 is 14.6 Å². The number of nitrogens with zero attached hydrogens (tertiary/aromatic N) is 1. The molecule has 0 aromatic carbocycles. The highest BCUT2D eigenvalue weighted by molar-refractivity contribution is 7.99. The van der Waals surface area contributed by atoms with Crippen molar-refractivity contribution in [1.82, 2.24) is 4.90 Å². The van der Waals surface area contributed by atoms with Gasteiger partial charge >= 0.3 is 5.97 Å². The minimum absolute atomic E-state index is 0.0682. The lowest BCUT2D eigenvalue weighted by Gasteiger charge is -2.46. The van der Waals surface area contributed by atoms with Crippen LogP contribution in [0.25, 0.3) is 0 Å². The van der Waals surface area contributed by atoms with E-state index >= 15 is 0 Å². The van der Waals surface area contributed by atoms with Crippen LogP contribution in [-0.2, 0) is 9.53 Å². The summed E-state index contributed by atoms with van der Waals surface area (Å²) in [5.41, 5.74) is -0.0682. The van der Waals surface area contributed by atoms with E-state index in [2.05, 4.69) is 18.7 Å². The molecule has 0 amide bonds. The van der Waals surface area contributed by atoms with Crippen LogP contribution in [0.5, 0.6) is 0 Å². The van der Waals surface area contributed by atoms with Gasteiger partial charge in [0, 0.05) is 36.7 Å². The molecule has 2 unspecified atom stereocenters. The van der Waals surface area contributed by atoms with E-state index in [1.54, 1.807) is 0 Å². The Bertz CT molecular complexity index is 309. The standard InChI is InChI=1S/C13H23NO3S/c1-13(2)8-10(3-5-17-13)14-4-6-18-9-11(14)7-12(15)16/h10-11H,3-9H2,1-2H3,(H,15,16). The Kier molecular flexibility index (Phi) is 4.56. The fraction of sp³-hybridized carbons (Fsp3) is 0.923. The summed E-state index contributed by atoms with van der Waals surface area (Å²) in [5.74, 6) is 1.39. The maximum Gasteiger partial charge on any atom is 0.304 e. The van der Waals surface area contributed by atoms with E-state index in [1.807, 2.05) is 11.8 Å². The third-order valence-corrected chi connectivity index (χ3v) is 4.92. The number of aliphatic carboxylic acids is 1. The zero-order chi connectivity index (χ0) is 13.2. The molecule has 0 saturated carbocycles. The molecule has 104 valence electrons. The summed E-state index contributed by atoms with van der Waals surface area (Å²) in [5, 5.41) is 9.02. The van der Waals surface area contributed by atoms with E-state index in [9.17, 15) is 4.79 Å². The van der Waals surface area contributed by atoms with Gasteiger partial charge in [-0.15, -0.1) is 0 Å². The van der Waals surface area contributed by atoms with Crippen molar-refractivity contribution in [3.63, 3.8) is 0 Å². The van der Waals surface area contributed by atoms with Crippen molar-refractivity contribution in [3.8, 4) is 0 Å². The zero-order valence-corrected chi connectivity index (χ0v) is 12.0. The molecule has 0 radical (unpaired) electrons. The number of hydrogen-bond donors (Lipinski definition) is 1. The minimum Gasteiger partial charge on any atom is -0.481 e. The first-order valence-electron chi connectivity index (χ1n) is 6.67. The lowest BCUT2D eigenvalue weighted by Crippen LogP contribution is -2.53. The molecule has 2 atom stereocenters. The van der Waals surface area contributed by atoms with Gasteiger partial charge in [0.2, 0.25) is 0 Å². The highest BCUT2D eigenvalue weighted by Crippen LogP contribution is 2.31. The highest BCUT2D eigenvalue weighted by atomic mass is 32.2. The Morgan fingerprint density at radius 3 is 3.00 bits per heavy atom. The number of rotatable bonds is 3. The van der Waals surface area contributed by atoms with Crippen LogP contribution in [0.15, 0.2) is 0 Å². The van der Waals surface area contributed by atoms with Crippen LogP contribution in [0.4, 0.5) is 0 Å². The van der Waals surface area contributed by atoms with Crippen LogP contribution in [0.1, 0.15) is 33.1 Å². The SMILES string of the molecule is CC1(C)CC(N2CCSCC2CC(=O)O)CCO1. The summed E-state index contributed by atoms with van der Waals surface area (Å²) < 4.78 is 5.75. The summed E-state index contributed by atoms with van der Waals surface area (Å²) in [4.78, 5) is 13.4. The largest absolute Gasteiger partial charge is 0.481 e. The van der Waals surface area contributed by atoms with Crippen molar-refractivity contribution >= 4 is 17.7 Å². The summed E-state index contributed by atoms with van der Waals surface area (Å²) in [6.45, 7) is 6.07. The molecule has 18 heavy (non-hydrogen) atoms. The monoisotopic (exact) mass is 273 g/mol. The molecule has 2 fully saturated rings. The molecular formula is C13H23NO3S. The maximum absolute atomic E-state index is 11.0. The van der Waals surface area contributed by atoms with Crippen LogP contribution in [0.3, 0.4) is 0 Å². The first-order valence-corrected chi connectivity index (χ1v) is 7.83. The Hall–Kier alpha value is -0.260. The predicted molar refractivity (Wildman–Crippen MR) is 73.1 cm³/mol. The lowest BCUT2D eigenvalue weighted by molar-refractivity contribution is -0.139. The van der Waals surface area contributed by atoms with Gasteiger partial charge in [-0.3, -0.25) is 9.69 Å². The summed E-state index contributed by atoms with van der Waals surface area (Å²) in [7, 11) is 0. The van der Waals surface area contributed by atoms with Gasteiger partial charge in [0.25, 0.3) is 0 Å². The maximum atomic E-state index is 11.0. The first kappa shape index (κ1) is 14.2. The van der Waals surface area contributed by atoms with Crippen molar-refractivity contribution in [2.45, 2.75) is 50.8 Å². The molecule has 2 aliphatic heterocycles. The molecule has 0 aliphatic carbocycles. The average molecular weight is 273 g/mol. The van der Waals surface area contributed by atoms with Gasteiger partial charge < -0.3 is 9.84 Å². The number of ether oxygens (including phenoxy) is 1. The summed E-state index contributed by atoms with van der Waals surface area (Å²) in [6.07, 6.45) is 2.31. The average Bonchev–Trinajstić information content (AvgIpc) is 2.27. The molecule has 0 aromatic rings. The Balaban J connectivity index is 2.01. The molecule has 0 aromatic heterocycles. The van der Waals surface area contributed by atoms with E-state index in [0.717, 1.165) is 37.5 Å². The van der Waals surface area contributed by atoms with Gasteiger partial charge in [-0.1, -0.05) is 0 Å². The summed E-state index contributed by atoms with van der Waals surface area (Å²) >= 11 is 1.88. The normalized spacial score (nSPS) is 33.2. The molecule has 2 aliphatic rings. The second-order valence-electron chi connectivity index (χ2n) is 5.82. The number of carbonyl (C=O) groups is 1. The van der Waals surface area contributed by atoms with Crippen LogP contribution >= 0.6 is 11.8 Å². The highest BCUT2D eigenvalue weighted by Gasteiger charge is 2.36. The Morgan fingerprint density at radius 2 is 2.33 bits per heavy atom. The van der Waals surface area contributed by atoms with E-state index in [4.69, 9.17) is 9.84 Å². The van der Waals surface area contributed by atoms with Gasteiger partial charge in [0.15, 0.2) is 0 Å². The van der Waals surface area contributed by atoms with Gasteiger partial charge in [-0.05, 0) is 26.7 Å². The smallest absolute Gasteiger partial charge is 0.304 e. The number of thioether (sulfide) groups is 1. The van der Waals surface area contributed by atoms with Gasteiger partial charge in [0.1, 0.15) is 0 Å². The quantitative estimate of drug-likeness (QED) is 0.850. The predicted octanol–water partition coefficient (Wildman–Crippen LogP) is 1.84. The Morgan fingerprint density at radius 1 is 1.56 bits per heavy atom. The van der Waals surface area contributed by atoms with Crippen molar-refractivity contribution in [2.24, 2.45) is 0 Å². The topological polar surface area (TPSA) is 49.8 Å².